The number of aromatic nitrogens is 1. The normalized spacial score (nSPS) is 18.1. The number of nitrogens with two attached hydrogens (primary N) is 1. The molecule has 7 nitrogen and oxygen atoms in total. The first kappa shape index (κ1) is 21.9. The van der Waals surface area contributed by atoms with Gasteiger partial charge in [-0.1, -0.05) is 23.7 Å². The predicted octanol–water partition coefficient (Wildman–Crippen LogP) is 3.86. The molecule has 33 heavy (non-hydrogen) atoms. The summed E-state index contributed by atoms with van der Waals surface area (Å²) in [5, 5.41) is 1.40. The monoisotopic (exact) mass is 483 g/mol. The van der Waals surface area contributed by atoms with E-state index in [1.54, 1.807) is 7.11 Å². The van der Waals surface area contributed by atoms with Gasteiger partial charge in [0.2, 0.25) is 17.7 Å². The fourth-order valence-corrected chi connectivity index (χ4v) is 6.29. The van der Waals surface area contributed by atoms with E-state index in [9.17, 15) is 14.4 Å². The summed E-state index contributed by atoms with van der Waals surface area (Å²) in [4.78, 5) is 44.2. The predicted molar refractivity (Wildman–Crippen MR) is 126 cm³/mol. The van der Waals surface area contributed by atoms with Gasteiger partial charge < -0.3 is 10.5 Å². The van der Waals surface area contributed by atoms with E-state index in [1.807, 2.05) is 24.3 Å². The van der Waals surface area contributed by atoms with Crippen molar-refractivity contribution < 1.29 is 19.1 Å². The Labute approximate surface area is 199 Å². The number of methoxy groups -OCH3 is 1. The van der Waals surface area contributed by atoms with Gasteiger partial charge in [-0.2, -0.15) is 0 Å². The van der Waals surface area contributed by atoms with E-state index in [4.69, 9.17) is 27.1 Å². The number of rotatable bonds is 5. The molecule has 2 N–H and O–H groups in total. The van der Waals surface area contributed by atoms with Gasteiger partial charge in [-0.25, -0.2) is 4.98 Å². The summed E-state index contributed by atoms with van der Waals surface area (Å²) in [6.45, 7) is 0.0437. The number of pyridine rings is 1. The quantitative estimate of drug-likeness (QED) is 0.555. The molecule has 1 atom stereocenters. The molecule has 1 aromatic carbocycles. The van der Waals surface area contributed by atoms with Gasteiger partial charge in [-0.3, -0.25) is 19.3 Å². The van der Waals surface area contributed by atoms with Crippen LogP contribution in [0.1, 0.15) is 35.4 Å². The van der Waals surface area contributed by atoms with Crippen LogP contribution in [0.3, 0.4) is 0 Å². The minimum Gasteiger partial charge on any atom is -0.497 e. The zero-order valence-electron chi connectivity index (χ0n) is 18.0. The number of fused-ring (bicyclic) bond motifs is 3. The molecular weight excluding hydrogens is 462 g/mol. The highest BCUT2D eigenvalue weighted by Crippen LogP contribution is 2.46. The number of aryl methyl sites for hydroxylation is 1. The molecule has 5 rings (SSSR count). The van der Waals surface area contributed by atoms with E-state index in [1.165, 1.54) is 16.2 Å². The average Bonchev–Trinajstić information content (AvgIpc) is 3.33. The number of nitrogens with zero attached hydrogens (tertiary/aromatic N) is 2. The molecule has 0 unspecified atom stereocenters. The molecule has 0 bridgehead atoms. The molecule has 1 aliphatic heterocycles. The van der Waals surface area contributed by atoms with Crippen molar-refractivity contribution in [3.8, 4) is 16.9 Å². The molecule has 0 radical (unpaired) electrons. The van der Waals surface area contributed by atoms with Crippen LogP contribution >= 0.6 is 22.9 Å². The van der Waals surface area contributed by atoms with Gasteiger partial charge in [0.15, 0.2) is 0 Å². The maximum Gasteiger partial charge on any atom is 0.230 e. The number of imide groups is 1. The molecule has 2 aliphatic rings. The number of ether oxygens (including phenoxy) is 1. The standard InChI is InChI=1S/C24H22ClN3O4S/c1-32-14-5-2-12(3-6-14)20-21-15-7-4-13(23(26)31)10-17(15)33-24(21)27-16(22(20)25)11-28-18(29)8-9-19(28)30/h2-3,5-6,13H,4,7-11H2,1H3,(H2,26,31)/t13-/m0/s1. The SMILES string of the molecule is COc1ccc(-c2c(Cl)c(CN3C(=O)CCC3=O)nc3sc4c(c23)CC[C@H](C(N)=O)C4)cc1. The van der Waals surface area contributed by atoms with Crippen LogP contribution in [0.5, 0.6) is 5.75 Å². The van der Waals surface area contributed by atoms with Crippen molar-refractivity contribution in [3.05, 3.63) is 45.4 Å². The minimum absolute atomic E-state index is 0.0437. The molecule has 2 aromatic heterocycles. The molecule has 3 amide bonds. The largest absolute Gasteiger partial charge is 0.497 e. The molecule has 0 spiro atoms. The Hall–Kier alpha value is -2.97. The van der Waals surface area contributed by atoms with Crippen LogP contribution in [0.2, 0.25) is 5.02 Å². The Morgan fingerprint density at radius 1 is 1.21 bits per heavy atom. The van der Waals surface area contributed by atoms with Crippen LogP contribution in [0.15, 0.2) is 24.3 Å². The lowest BCUT2D eigenvalue weighted by atomic mass is 9.86. The van der Waals surface area contributed by atoms with Crippen LogP contribution in [0.25, 0.3) is 21.3 Å². The third kappa shape index (κ3) is 3.77. The van der Waals surface area contributed by atoms with Crippen LogP contribution in [-0.2, 0) is 33.8 Å². The number of thiophene rings is 1. The Morgan fingerprint density at radius 3 is 2.55 bits per heavy atom. The molecule has 1 saturated heterocycles. The highest BCUT2D eigenvalue weighted by molar-refractivity contribution is 7.19. The summed E-state index contributed by atoms with van der Waals surface area (Å²) in [5.74, 6) is -0.168. The Bertz CT molecular complexity index is 1290. The van der Waals surface area contributed by atoms with Gasteiger partial charge in [0, 0.05) is 34.6 Å². The lowest BCUT2D eigenvalue weighted by Gasteiger charge is -2.20. The number of hydrogen-bond acceptors (Lipinski definition) is 6. The van der Waals surface area contributed by atoms with Crippen molar-refractivity contribution in [2.24, 2.45) is 11.7 Å². The van der Waals surface area contributed by atoms with Crippen molar-refractivity contribution in [1.29, 1.82) is 0 Å². The molecule has 9 heteroatoms. The first-order chi connectivity index (χ1) is 15.9. The third-order valence-electron chi connectivity index (χ3n) is 6.45. The average molecular weight is 484 g/mol. The third-order valence-corrected chi connectivity index (χ3v) is 8.01. The van der Waals surface area contributed by atoms with Crippen LogP contribution < -0.4 is 10.5 Å². The summed E-state index contributed by atoms with van der Waals surface area (Å²) in [6, 6.07) is 7.61. The topological polar surface area (TPSA) is 103 Å². The summed E-state index contributed by atoms with van der Waals surface area (Å²) in [5.41, 5.74) is 8.94. The van der Waals surface area contributed by atoms with Crippen LogP contribution in [0.4, 0.5) is 0 Å². The van der Waals surface area contributed by atoms with E-state index in [2.05, 4.69) is 0 Å². The maximum atomic E-state index is 12.2. The van der Waals surface area contributed by atoms with Crippen molar-refractivity contribution in [2.75, 3.05) is 7.11 Å². The van der Waals surface area contributed by atoms with Gasteiger partial charge in [0.05, 0.1) is 24.4 Å². The number of primary amides is 1. The summed E-state index contributed by atoms with van der Waals surface area (Å²) < 4.78 is 5.30. The molecule has 1 aliphatic carbocycles. The van der Waals surface area contributed by atoms with Crippen molar-refractivity contribution >= 4 is 50.9 Å². The lowest BCUT2D eigenvalue weighted by molar-refractivity contribution is -0.139. The first-order valence-electron chi connectivity index (χ1n) is 10.8. The van der Waals surface area contributed by atoms with Crippen LogP contribution in [0, 0.1) is 5.92 Å². The zero-order chi connectivity index (χ0) is 23.3. The number of carbonyl (C=O) groups excluding carboxylic acids is 3. The second-order valence-corrected chi connectivity index (χ2v) is 9.84. The Morgan fingerprint density at radius 2 is 1.91 bits per heavy atom. The fourth-order valence-electron chi connectivity index (χ4n) is 4.66. The highest BCUT2D eigenvalue weighted by Gasteiger charge is 2.32. The van der Waals surface area contributed by atoms with Crippen molar-refractivity contribution in [1.82, 2.24) is 9.88 Å². The number of benzene rings is 1. The molecule has 3 heterocycles. The first-order valence-corrected chi connectivity index (χ1v) is 12.0. The summed E-state index contributed by atoms with van der Waals surface area (Å²) in [6.07, 6.45) is 2.42. The van der Waals surface area contributed by atoms with Crippen molar-refractivity contribution in [2.45, 2.75) is 38.6 Å². The highest BCUT2D eigenvalue weighted by atomic mass is 35.5. The van der Waals surface area contributed by atoms with Gasteiger partial charge in [-0.15, -0.1) is 11.3 Å². The fraction of sp³-hybridized carbons (Fsp3) is 0.333. The number of halogens is 1. The second-order valence-electron chi connectivity index (χ2n) is 8.38. The maximum absolute atomic E-state index is 12.2. The molecule has 1 fully saturated rings. The van der Waals surface area contributed by atoms with E-state index in [-0.39, 0.29) is 43.0 Å². The number of carbonyl (C=O) groups is 3. The molecule has 3 aromatic rings. The van der Waals surface area contributed by atoms with E-state index >= 15 is 0 Å². The van der Waals surface area contributed by atoms with Crippen molar-refractivity contribution in [3.63, 3.8) is 0 Å². The second kappa shape index (κ2) is 8.43. The number of likely N-dealkylation sites (tertiary alicyclic amines) is 1. The van der Waals surface area contributed by atoms with E-state index in [0.29, 0.717) is 30.0 Å². The summed E-state index contributed by atoms with van der Waals surface area (Å²) in [7, 11) is 1.61. The van der Waals surface area contributed by atoms with E-state index < -0.39 is 0 Å². The van der Waals surface area contributed by atoms with Gasteiger partial charge in [0.1, 0.15) is 10.6 Å². The van der Waals surface area contributed by atoms with Gasteiger partial charge >= 0.3 is 0 Å². The van der Waals surface area contributed by atoms with E-state index in [0.717, 1.165) is 37.5 Å². The Kier molecular flexibility index (Phi) is 5.58. The zero-order valence-corrected chi connectivity index (χ0v) is 19.6. The smallest absolute Gasteiger partial charge is 0.230 e. The van der Waals surface area contributed by atoms with Crippen LogP contribution in [-0.4, -0.2) is 34.7 Å². The lowest BCUT2D eigenvalue weighted by Crippen LogP contribution is -2.29. The number of amides is 3. The molecule has 0 saturated carbocycles. The minimum atomic E-state index is -0.286. The molecular formula is C24H22ClN3O4S. The summed E-state index contributed by atoms with van der Waals surface area (Å²) >= 11 is 8.46. The van der Waals surface area contributed by atoms with Gasteiger partial charge in [0.25, 0.3) is 0 Å². The van der Waals surface area contributed by atoms with Gasteiger partial charge in [-0.05, 0) is 42.5 Å². The molecule has 170 valence electrons. The Balaban J connectivity index is 1.69. The number of hydrogen-bond donors (Lipinski definition) is 1.